The van der Waals surface area contributed by atoms with Gasteiger partial charge in [-0.05, 0) is 73.4 Å². The van der Waals surface area contributed by atoms with Crippen LogP contribution in [0.2, 0.25) is 0 Å². The molecule has 1 aromatic carbocycles. The lowest BCUT2D eigenvalue weighted by Crippen LogP contribution is -2.32. The summed E-state index contributed by atoms with van der Waals surface area (Å²) in [6, 6.07) is 9.62. The molecule has 0 radical (unpaired) electrons. The van der Waals surface area contributed by atoms with Crippen molar-refractivity contribution in [3.63, 3.8) is 0 Å². The van der Waals surface area contributed by atoms with Crippen molar-refractivity contribution in [3.8, 4) is 0 Å². The van der Waals surface area contributed by atoms with Crippen molar-refractivity contribution in [3.05, 3.63) is 59.4 Å². The number of rotatable bonds is 5. The minimum absolute atomic E-state index is 0.131. The van der Waals surface area contributed by atoms with Crippen molar-refractivity contribution < 1.29 is 8.42 Å². The second-order valence-corrected chi connectivity index (χ2v) is 8.67. The zero-order valence-electron chi connectivity index (χ0n) is 13.7. The second-order valence-electron chi connectivity index (χ2n) is 6.78. The van der Waals surface area contributed by atoms with Crippen molar-refractivity contribution in [1.82, 2.24) is 9.29 Å². The molecule has 0 bridgehead atoms. The molecular formula is C19H22N2O2S. The van der Waals surface area contributed by atoms with E-state index in [1.54, 1.807) is 22.8 Å². The molecule has 0 unspecified atom stereocenters. The van der Waals surface area contributed by atoms with Crippen LogP contribution in [-0.4, -0.2) is 23.7 Å². The molecule has 5 heteroatoms. The summed E-state index contributed by atoms with van der Waals surface area (Å²) in [5, 5.41) is 0. The number of sulfonamides is 1. The van der Waals surface area contributed by atoms with Gasteiger partial charge in [-0.1, -0.05) is 12.1 Å². The fraction of sp³-hybridized carbons (Fsp3) is 0.421. The molecule has 1 heterocycles. The van der Waals surface area contributed by atoms with Gasteiger partial charge in [0.1, 0.15) is 0 Å². The fourth-order valence-electron chi connectivity index (χ4n) is 3.45. The number of hydrogen-bond acceptors (Lipinski definition) is 3. The standard InChI is InChI=1S/C19H22N2O2S/c22-24(23,19-10-7-16-5-1-2-6-17(16)12-19)21(18-8-9-18)14-15-4-3-11-20-13-15/h3-4,7,10-13,18H,1-2,5-6,8-9,14H2. The van der Waals surface area contributed by atoms with Gasteiger partial charge in [-0.3, -0.25) is 4.98 Å². The van der Waals surface area contributed by atoms with Crippen LogP contribution < -0.4 is 0 Å². The Labute approximate surface area is 143 Å². The lowest BCUT2D eigenvalue weighted by atomic mass is 9.92. The number of aryl methyl sites for hydroxylation is 2. The maximum atomic E-state index is 13.2. The Morgan fingerprint density at radius 2 is 1.88 bits per heavy atom. The third-order valence-corrected chi connectivity index (χ3v) is 6.84. The Morgan fingerprint density at radius 1 is 1.08 bits per heavy atom. The predicted octanol–water partition coefficient (Wildman–Crippen LogP) is 3.31. The molecule has 1 saturated carbocycles. The molecule has 0 N–H and O–H groups in total. The molecule has 1 aromatic heterocycles. The van der Waals surface area contributed by atoms with Gasteiger partial charge >= 0.3 is 0 Å². The summed E-state index contributed by atoms with van der Waals surface area (Å²) in [5.41, 5.74) is 3.45. The Bertz CT molecular complexity index is 830. The number of pyridine rings is 1. The summed E-state index contributed by atoms with van der Waals surface area (Å²) in [4.78, 5) is 4.55. The van der Waals surface area contributed by atoms with E-state index in [1.807, 2.05) is 24.3 Å². The van der Waals surface area contributed by atoms with Crippen LogP contribution in [0.5, 0.6) is 0 Å². The van der Waals surface area contributed by atoms with Crippen molar-refractivity contribution in [2.75, 3.05) is 0 Å². The van der Waals surface area contributed by atoms with Gasteiger partial charge < -0.3 is 0 Å². The van der Waals surface area contributed by atoms with Gasteiger partial charge in [0.15, 0.2) is 0 Å². The third-order valence-electron chi connectivity index (χ3n) is 4.94. The van der Waals surface area contributed by atoms with E-state index in [9.17, 15) is 8.42 Å². The predicted molar refractivity (Wildman–Crippen MR) is 93.1 cm³/mol. The van der Waals surface area contributed by atoms with E-state index >= 15 is 0 Å². The maximum absolute atomic E-state index is 13.2. The Kier molecular flexibility index (Phi) is 4.14. The van der Waals surface area contributed by atoms with Crippen molar-refractivity contribution in [1.29, 1.82) is 0 Å². The molecule has 2 aliphatic rings. The maximum Gasteiger partial charge on any atom is 0.243 e. The molecule has 24 heavy (non-hydrogen) atoms. The van der Waals surface area contributed by atoms with Crippen molar-refractivity contribution in [2.24, 2.45) is 0 Å². The van der Waals surface area contributed by atoms with E-state index in [1.165, 1.54) is 17.5 Å². The van der Waals surface area contributed by atoms with E-state index < -0.39 is 10.0 Å². The highest BCUT2D eigenvalue weighted by atomic mass is 32.2. The molecule has 4 rings (SSSR count). The monoisotopic (exact) mass is 342 g/mol. The molecule has 0 spiro atoms. The van der Waals surface area contributed by atoms with E-state index in [4.69, 9.17) is 0 Å². The van der Waals surface area contributed by atoms with Crippen LogP contribution >= 0.6 is 0 Å². The topological polar surface area (TPSA) is 50.3 Å². The highest BCUT2D eigenvalue weighted by Gasteiger charge is 2.38. The molecule has 1 fully saturated rings. The molecule has 4 nitrogen and oxygen atoms in total. The first kappa shape index (κ1) is 15.8. The van der Waals surface area contributed by atoms with Crippen LogP contribution in [0, 0.1) is 0 Å². The summed E-state index contributed by atoms with van der Waals surface area (Å²) < 4.78 is 28.1. The molecule has 2 aromatic rings. The van der Waals surface area contributed by atoms with Gasteiger partial charge in [0.2, 0.25) is 10.0 Å². The summed E-state index contributed by atoms with van der Waals surface area (Å²) in [6.45, 7) is 0.401. The minimum atomic E-state index is -3.46. The second kappa shape index (κ2) is 6.30. The van der Waals surface area contributed by atoms with Gasteiger partial charge in [0, 0.05) is 25.0 Å². The zero-order chi connectivity index (χ0) is 16.6. The largest absolute Gasteiger partial charge is 0.264 e. The number of hydrogen-bond donors (Lipinski definition) is 0. The van der Waals surface area contributed by atoms with Crippen LogP contribution in [0.1, 0.15) is 42.4 Å². The van der Waals surface area contributed by atoms with Gasteiger partial charge in [-0.2, -0.15) is 4.31 Å². The van der Waals surface area contributed by atoms with Crippen molar-refractivity contribution >= 4 is 10.0 Å². The fourth-order valence-corrected chi connectivity index (χ4v) is 5.17. The third kappa shape index (κ3) is 3.10. The van der Waals surface area contributed by atoms with Gasteiger partial charge in [0.05, 0.1) is 4.90 Å². The van der Waals surface area contributed by atoms with E-state index in [0.29, 0.717) is 11.4 Å². The molecule has 0 amide bonds. The van der Waals surface area contributed by atoms with Crippen LogP contribution in [0.25, 0.3) is 0 Å². The van der Waals surface area contributed by atoms with Crippen LogP contribution in [0.15, 0.2) is 47.6 Å². The van der Waals surface area contributed by atoms with Crippen LogP contribution in [-0.2, 0) is 29.4 Å². The summed E-state index contributed by atoms with van der Waals surface area (Å²) >= 11 is 0. The molecule has 2 aliphatic carbocycles. The van der Waals surface area contributed by atoms with Gasteiger partial charge in [0.25, 0.3) is 0 Å². The number of nitrogens with zero attached hydrogens (tertiary/aromatic N) is 2. The molecule has 0 aliphatic heterocycles. The van der Waals surface area contributed by atoms with Gasteiger partial charge in [-0.25, -0.2) is 8.42 Å². The van der Waals surface area contributed by atoms with Crippen LogP contribution in [0.3, 0.4) is 0 Å². The van der Waals surface area contributed by atoms with E-state index in [2.05, 4.69) is 4.98 Å². The summed E-state index contributed by atoms with van der Waals surface area (Å²) in [5.74, 6) is 0. The Balaban J connectivity index is 1.66. The molecule has 0 atom stereocenters. The smallest absolute Gasteiger partial charge is 0.243 e. The number of benzene rings is 1. The Hall–Kier alpha value is -1.72. The lowest BCUT2D eigenvalue weighted by Gasteiger charge is -2.23. The number of aromatic nitrogens is 1. The first-order chi connectivity index (χ1) is 11.6. The first-order valence-electron chi connectivity index (χ1n) is 8.67. The normalized spacial score (nSPS) is 17.7. The lowest BCUT2D eigenvalue weighted by molar-refractivity contribution is 0.398. The van der Waals surface area contributed by atoms with E-state index in [0.717, 1.165) is 37.7 Å². The zero-order valence-corrected chi connectivity index (χ0v) is 14.5. The average molecular weight is 342 g/mol. The number of fused-ring (bicyclic) bond motifs is 1. The van der Waals surface area contributed by atoms with E-state index in [-0.39, 0.29) is 6.04 Å². The molecule has 126 valence electrons. The SMILES string of the molecule is O=S(=O)(c1ccc2c(c1)CCCC2)N(Cc1cccnc1)C1CC1. The minimum Gasteiger partial charge on any atom is -0.264 e. The van der Waals surface area contributed by atoms with Crippen molar-refractivity contribution in [2.45, 2.75) is 56.0 Å². The summed E-state index contributed by atoms with van der Waals surface area (Å²) in [7, 11) is -3.46. The molecular weight excluding hydrogens is 320 g/mol. The highest BCUT2D eigenvalue weighted by Crippen LogP contribution is 2.34. The first-order valence-corrected chi connectivity index (χ1v) is 10.1. The Morgan fingerprint density at radius 3 is 2.58 bits per heavy atom. The quantitative estimate of drug-likeness (QED) is 0.837. The average Bonchev–Trinajstić information content (AvgIpc) is 3.45. The summed E-state index contributed by atoms with van der Waals surface area (Å²) in [6.07, 6.45) is 9.77. The van der Waals surface area contributed by atoms with Gasteiger partial charge in [-0.15, -0.1) is 0 Å². The highest BCUT2D eigenvalue weighted by molar-refractivity contribution is 7.89. The molecule has 0 saturated heterocycles. The van der Waals surface area contributed by atoms with Crippen LogP contribution in [0.4, 0.5) is 0 Å².